The number of carbonyl (C=O) groups excluding carboxylic acids is 1. The van der Waals surface area contributed by atoms with Gasteiger partial charge in [-0.3, -0.25) is 9.69 Å². The number of nitrogens with zero attached hydrogens (tertiary/aromatic N) is 1. The van der Waals surface area contributed by atoms with Crippen molar-refractivity contribution in [1.29, 1.82) is 0 Å². The SMILES string of the molecule is Cc1ccc(NC(=O)CN(C)Cc2ccccc2Br)cc1S(N)(=O)=O. The Balaban J connectivity index is 2.02. The highest BCUT2D eigenvalue weighted by Gasteiger charge is 2.14. The third kappa shape index (κ3) is 5.64. The van der Waals surface area contributed by atoms with Crippen LogP contribution in [0.5, 0.6) is 0 Å². The number of primary sulfonamides is 1. The van der Waals surface area contributed by atoms with Gasteiger partial charge in [0, 0.05) is 16.7 Å². The summed E-state index contributed by atoms with van der Waals surface area (Å²) in [6.07, 6.45) is 0. The zero-order chi connectivity index (χ0) is 18.6. The number of nitrogens with two attached hydrogens (primary N) is 1. The molecule has 2 rings (SSSR count). The first-order chi connectivity index (χ1) is 11.7. The van der Waals surface area contributed by atoms with Gasteiger partial charge in [-0.1, -0.05) is 40.2 Å². The molecule has 0 aliphatic heterocycles. The predicted molar refractivity (Wildman–Crippen MR) is 102 cm³/mol. The van der Waals surface area contributed by atoms with E-state index in [2.05, 4.69) is 21.2 Å². The van der Waals surface area contributed by atoms with Gasteiger partial charge in [-0.2, -0.15) is 0 Å². The number of nitrogens with one attached hydrogen (secondary N) is 1. The van der Waals surface area contributed by atoms with Crippen molar-refractivity contribution in [2.75, 3.05) is 18.9 Å². The van der Waals surface area contributed by atoms with E-state index in [0.717, 1.165) is 10.0 Å². The van der Waals surface area contributed by atoms with Crippen molar-refractivity contribution in [3.8, 4) is 0 Å². The molecular formula is C17H20BrN3O3S. The molecule has 25 heavy (non-hydrogen) atoms. The first-order valence-corrected chi connectivity index (χ1v) is 9.86. The summed E-state index contributed by atoms with van der Waals surface area (Å²) in [5.41, 5.74) is 2.00. The number of sulfonamides is 1. The Morgan fingerprint density at radius 3 is 2.56 bits per heavy atom. The lowest BCUT2D eigenvalue weighted by atomic mass is 10.2. The highest BCUT2D eigenvalue weighted by molar-refractivity contribution is 9.10. The van der Waals surface area contributed by atoms with Crippen LogP contribution in [0.1, 0.15) is 11.1 Å². The van der Waals surface area contributed by atoms with Gasteiger partial charge in [-0.05, 0) is 43.3 Å². The normalized spacial score (nSPS) is 11.6. The molecule has 8 heteroatoms. The molecule has 0 heterocycles. The lowest BCUT2D eigenvalue weighted by molar-refractivity contribution is -0.117. The first-order valence-electron chi connectivity index (χ1n) is 7.52. The van der Waals surface area contributed by atoms with E-state index in [1.54, 1.807) is 19.1 Å². The van der Waals surface area contributed by atoms with E-state index in [0.29, 0.717) is 17.8 Å². The van der Waals surface area contributed by atoms with Crippen LogP contribution in [0.4, 0.5) is 5.69 Å². The molecule has 0 aliphatic carbocycles. The van der Waals surface area contributed by atoms with E-state index in [1.807, 2.05) is 36.2 Å². The highest BCUT2D eigenvalue weighted by Crippen LogP contribution is 2.19. The number of anilines is 1. The van der Waals surface area contributed by atoms with Gasteiger partial charge < -0.3 is 5.32 Å². The molecule has 0 unspecified atom stereocenters. The summed E-state index contributed by atoms with van der Waals surface area (Å²) < 4.78 is 24.1. The average molecular weight is 426 g/mol. The highest BCUT2D eigenvalue weighted by atomic mass is 79.9. The van der Waals surface area contributed by atoms with Gasteiger partial charge in [0.25, 0.3) is 0 Å². The molecule has 0 fully saturated rings. The third-order valence-corrected chi connectivity index (χ3v) is 5.42. The number of rotatable bonds is 6. The fourth-order valence-electron chi connectivity index (χ4n) is 2.40. The summed E-state index contributed by atoms with van der Waals surface area (Å²) in [5, 5.41) is 7.89. The largest absolute Gasteiger partial charge is 0.325 e. The van der Waals surface area contributed by atoms with Crippen molar-refractivity contribution in [1.82, 2.24) is 4.90 Å². The molecule has 2 aromatic rings. The molecule has 0 atom stereocenters. The summed E-state index contributed by atoms with van der Waals surface area (Å²) >= 11 is 3.48. The van der Waals surface area contributed by atoms with Crippen molar-refractivity contribution in [2.45, 2.75) is 18.4 Å². The molecule has 0 saturated carbocycles. The number of aryl methyl sites for hydroxylation is 1. The minimum Gasteiger partial charge on any atom is -0.325 e. The van der Waals surface area contributed by atoms with Gasteiger partial charge in [0.15, 0.2) is 0 Å². The van der Waals surface area contributed by atoms with Gasteiger partial charge in [0.1, 0.15) is 0 Å². The van der Waals surface area contributed by atoms with Crippen LogP contribution in [-0.4, -0.2) is 32.8 Å². The van der Waals surface area contributed by atoms with Crippen LogP contribution in [0.3, 0.4) is 0 Å². The van der Waals surface area contributed by atoms with Crippen LogP contribution in [0.15, 0.2) is 51.8 Å². The van der Waals surface area contributed by atoms with Crippen molar-refractivity contribution in [3.63, 3.8) is 0 Å². The van der Waals surface area contributed by atoms with Crippen molar-refractivity contribution in [2.24, 2.45) is 5.14 Å². The number of benzene rings is 2. The molecule has 0 aromatic heterocycles. The summed E-state index contributed by atoms with van der Waals surface area (Å²) in [7, 11) is -1.99. The number of likely N-dealkylation sites (N-methyl/N-ethyl adjacent to an activating group) is 1. The molecule has 3 N–H and O–H groups in total. The average Bonchev–Trinajstić information content (AvgIpc) is 2.50. The molecule has 0 saturated heterocycles. The summed E-state index contributed by atoms with van der Waals surface area (Å²) in [6.45, 7) is 2.42. The topological polar surface area (TPSA) is 92.5 Å². The van der Waals surface area contributed by atoms with E-state index in [4.69, 9.17) is 5.14 Å². The number of hydrogen-bond acceptors (Lipinski definition) is 4. The van der Waals surface area contributed by atoms with E-state index < -0.39 is 10.0 Å². The Morgan fingerprint density at radius 1 is 1.24 bits per heavy atom. The zero-order valence-electron chi connectivity index (χ0n) is 14.0. The second-order valence-electron chi connectivity index (χ2n) is 5.84. The van der Waals surface area contributed by atoms with E-state index in [1.165, 1.54) is 6.07 Å². The lowest BCUT2D eigenvalue weighted by Crippen LogP contribution is -2.30. The Hall–Kier alpha value is -1.74. The molecule has 134 valence electrons. The minimum absolute atomic E-state index is 0.00636. The van der Waals surface area contributed by atoms with Crippen molar-refractivity contribution in [3.05, 3.63) is 58.1 Å². The van der Waals surface area contributed by atoms with Crippen LogP contribution in [0.25, 0.3) is 0 Å². The summed E-state index contributed by atoms with van der Waals surface area (Å²) in [5.74, 6) is -0.237. The maximum Gasteiger partial charge on any atom is 0.238 e. The Bertz CT molecular complexity index is 884. The van der Waals surface area contributed by atoms with Crippen LogP contribution >= 0.6 is 15.9 Å². The molecule has 0 radical (unpaired) electrons. The summed E-state index contributed by atoms with van der Waals surface area (Å²) in [4.78, 5) is 14.1. The van der Waals surface area contributed by atoms with Crippen LogP contribution in [0.2, 0.25) is 0 Å². The molecule has 6 nitrogen and oxygen atoms in total. The number of carbonyl (C=O) groups is 1. The van der Waals surface area contributed by atoms with Crippen molar-refractivity contribution >= 4 is 37.5 Å². The smallest absolute Gasteiger partial charge is 0.238 e. The number of hydrogen-bond donors (Lipinski definition) is 2. The monoisotopic (exact) mass is 425 g/mol. The van der Waals surface area contributed by atoms with Crippen LogP contribution < -0.4 is 10.5 Å². The molecular weight excluding hydrogens is 406 g/mol. The number of amides is 1. The number of halogens is 1. The molecule has 0 aliphatic rings. The first kappa shape index (κ1) is 19.6. The van der Waals surface area contributed by atoms with Gasteiger partial charge in [0.2, 0.25) is 15.9 Å². The van der Waals surface area contributed by atoms with E-state index >= 15 is 0 Å². The Labute approximate surface area is 156 Å². The fraction of sp³-hybridized carbons (Fsp3) is 0.235. The van der Waals surface area contributed by atoms with Gasteiger partial charge in [-0.15, -0.1) is 0 Å². The molecule has 0 spiro atoms. The fourth-order valence-corrected chi connectivity index (χ4v) is 3.62. The van der Waals surface area contributed by atoms with E-state index in [9.17, 15) is 13.2 Å². The summed E-state index contributed by atoms with van der Waals surface area (Å²) in [6, 6.07) is 12.4. The Kier molecular flexibility index (Phi) is 6.34. The van der Waals surface area contributed by atoms with Gasteiger partial charge in [0.05, 0.1) is 11.4 Å². The van der Waals surface area contributed by atoms with Gasteiger partial charge >= 0.3 is 0 Å². The molecule has 1 amide bonds. The molecule has 0 bridgehead atoms. The zero-order valence-corrected chi connectivity index (χ0v) is 16.4. The van der Waals surface area contributed by atoms with Gasteiger partial charge in [-0.25, -0.2) is 13.6 Å². The standard InChI is InChI=1S/C17H20BrN3O3S/c1-12-7-8-14(9-16(12)25(19,23)24)20-17(22)11-21(2)10-13-5-3-4-6-15(13)18/h3-9H,10-11H2,1-2H3,(H,20,22)(H2,19,23,24). The maximum atomic E-state index is 12.2. The Morgan fingerprint density at radius 2 is 1.92 bits per heavy atom. The quantitative estimate of drug-likeness (QED) is 0.743. The minimum atomic E-state index is -3.83. The predicted octanol–water partition coefficient (Wildman–Crippen LogP) is 2.48. The second-order valence-corrected chi connectivity index (χ2v) is 8.22. The molecule has 2 aromatic carbocycles. The van der Waals surface area contributed by atoms with Crippen molar-refractivity contribution < 1.29 is 13.2 Å². The van der Waals surface area contributed by atoms with Crippen LogP contribution in [0, 0.1) is 6.92 Å². The maximum absolute atomic E-state index is 12.2. The lowest BCUT2D eigenvalue weighted by Gasteiger charge is -2.17. The third-order valence-electron chi connectivity index (χ3n) is 3.59. The van der Waals surface area contributed by atoms with E-state index in [-0.39, 0.29) is 17.3 Å². The van der Waals surface area contributed by atoms with Crippen LogP contribution in [-0.2, 0) is 21.4 Å². The second kappa shape index (κ2) is 8.09.